The molecule has 2 aliphatic heterocycles. The molecule has 9 heteroatoms. The van der Waals surface area contributed by atoms with Gasteiger partial charge in [0, 0.05) is 13.1 Å². The average molecular weight is 514 g/mol. The molecule has 2 aliphatic rings. The van der Waals surface area contributed by atoms with Crippen LogP contribution >= 0.6 is 23.4 Å². The number of morpholine rings is 1. The van der Waals surface area contributed by atoms with E-state index in [1.165, 1.54) is 23.8 Å². The molecular weight excluding hydrogens is 486 g/mol. The summed E-state index contributed by atoms with van der Waals surface area (Å²) in [6.07, 6.45) is 2.37. The molecule has 0 saturated carbocycles. The molecule has 184 valence electrons. The van der Waals surface area contributed by atoms with Gasteiger partial charge in [0.15, 0.2) is 5.17 Å². The summed E-state index contributed by atoms with van der Waals surface area (Å²) in [5.74, 6) is 0.265. The third-order valence-corrected chi connectivity index (χ3v) is 7.38. The number of ether oxygens (including phenoxy) is 2. The number of amidine groups is 1. The van der Waals surface area contributed by atoms with Gasteiger partial charge in [0.1, 0.15) is 11.4 Å². The molecule has 0 bridgehead atoms. The summed E-state index contributed by atoms with van der Waals surface area (Å²) in [4.78, 5) is 34.8. The van der Waals surface area contributed by atoms with Crippen molar-refractivity contribution in [2.75, 3.05) is 38.3 Å². The van der Waals surface area contributed by atoms with E-state index in [2.05, 4.69) is 4.99 Å². The van der Waals surface area contributed by atoms with Gasteiger partial charge >= 0.3 is 0 Å². The number of aliphatic imine (C=N–C) groups is 1. The van der Waals surface area contributed by atoms with Gasteiger partial charge in [0.25, 0.3) is 5.91 Å². The standard InChI is InChI=1S/C26H28ClN3O4S/c1-4-23(25(32)29-10-12-34-13-11-29)35-26-28-21(15-18-7-5-6-17(2)14-18)24(31)30(26)19-8-9-22(33-3)20(27)16-19/h5-9,14-16,23H,4,10-13H2,1-3H3/b21-15-/t23-/m1/s1. The van der Waals surface area contributed by atoms with Crippen LogP contribution in [0.25, 0.3) is 6.08 Å². The molecule has 7 nitrogen and oxygen atoms in total. The molecule has 0 unspecified atom stereocenters. The van der Waals surface area contributed by atoms with Crippen molar-refractivity contribution < 1.29 is 19.1 Å². The van der Waals surface area contributed by atoms with Crippen LogP contribution in [0.2, 0.25) is 5.02 Å². The van der Waals surface area contributed by atoms with E-state index in [0.717, 1.165) is 11.1 Å². The minimum Gasteiger partial charge on any atom is -0.495 e. The van der Waals surface area contributed by atoms with Crippen LogP contribution in [0.3, 0.4) is 0 Å². The number of hydrogen-bond acceptors (Lipinski definition) is 6. The number of amides is 2. The lowest BCUT2D eigenvalue weighted by Crippen LogP contribution is -2.45. The first-order valence-corrected chi connectivity index (χ1v) is 12.7. The van der Waals surface area contributed by atoms with Crippen molar-refractivity contribution in [2.45, 2.75) is 25.5 Å². The summed E-state index contributed by atoms with van der Waals surface area (Å²) in [6, 6.07) is 13.0. The van der Waals surface area contributed by atoms with E-state index < -0.39 is 0 Å². The Labute approximate surface area is 214 Å². The Kier molecular flexibility index (Phi) is 8.15. The van der Waals surface area contributed by atoms with Gasteiger partial charge in [-0.05, 0) is 43.2 Å². The number of thioether (sulfide) groups is 1. The fourth-order valence-electron chi connectivity index (χ4n) is 3.94. The summed E-state index contributed by atoms with van der Waals surface area (Å²) >= 11 is 7.68. The maximum absolute atomic E-state index is 13.6. The highest BCUT2D eigenvalue weighted by Crippen LogP contribution is 2.36. The largest absolute Gasteiger partial charge is 0.495 e. The van der Waals surface area contributed by atoms with Crippen LogP contribution in [0, 0.1) is 6.92 Å². The molecule has 1 saturated heterocycles. The van der Waals surface area contributed by atoms with E-state index in [-0.39, 0.29) is 17.1 Å². The molecule has 2 heterocycles. The summed E-state index contributed by atoms with van der Waals surface area (Å²) in [5, 5.41) is 0.451. The summed E-state index contributed by atoms with van der Waals surface area (Å²) < 4.78 is 10.7. The van der Waals surface area contributed by atoms with Crippen LogP contribution in [0.1, 0.15) is 24.5 Å². The third-order valence-electron chi connectivity index (χ3n) is 5.79. The first-order chi connectivity index (χ1) is 16.9. The Morgan fingerprint density at radius 3 is 2.69 bits per heavy atom. The lowest BCUT2D eigenvalue weighted by atomic mass is 10.1. The average Bonchev–Trinajstić information content (AvgIpc) is 3.16. The second-order valence-corrected chi connectivity index (χ2v) is 9.83. The van der Waals surface area contributed by atoms with E-state index in [9.17, 15) is 9.59 Å². The van der Waals surface area contributed by atoms with Crippen molar-refractivity contribution in [3.8, 4) is 5.75 Å². The van der Waals surface area contributed by atoms with Crippen LogP contribution in [-0.2, 0) is 14.3 Å². The molecule has 0 aromatic heterocycles. The molecule has 0 N–H and O–H groups in total. The van der Waals surface area contributed by atoms with Crippen LogP contribution in [0.5, 0.6) is 5.75 Å². The number of carbonyl (C=O) groups is 2. The van der Waals surface area contributed by atoms with E-state index in [1.54, 1.807) is 24.3 Å². The predicted molar refractivity (Wildman–Crippen MR) is 141 cm³/mol. The molecule has 2 amide bonds. The van der Waals surface area contributed by atoms with Crippen molar-refractivity contribution in [1.29, 1.82) is 0 Å². The maximum Gasteiger partial charge on any atom is 0.283 e. The quantitative estimate of drug-likeness (QED) is 0.520. The lowest BCUT2D eigenvalue weighted by Gasteiger charge is -2.30. The van der Waals surface area contributed by atoms with Crippen LogP contribution in [-0.4, -0.2) is 60.5 Å². The molecule has 2 aromatic carbocycles. The summed E-state index contributed by atoms with van der Waals surface area (Å²) in [5.41, 5.74) is 2.84. The lowest BCUT2D eigenvalue weighted by molar-refractivity contribution is -0.134. The van der Waals surface area contributed by atoms with Gasteiger partial charge in [-0.15, -0.1) is 0 Å². The fourth-order valence-corrected chi connectivity index (χ4v) is 5.31. The van der Waals surface area contributed by atoms with E-state index in [1.807, 2.05) is 43.0 Å². The second kappa shape index (κ2) is 11.3. The van der Waals surface area contributed by atoms with Crippen LogP contribution in [0.4, 0.5) is 5.69 Å². The minimum atomic E-state index is -0.380. The highest BCUT2D eigenvalue weighted by Gasteiger charge is 2.36. The zero-order valence-corrected chi connectivity index (χ0v) is 21.6. The van der Waals surface area contributed by atoms with Crippen LogP contribution in [0.15, 0.2) is 53.2 Å². The van der Waals surface area contributed by atoms with E-state index in [0.29, 0.717) is 60.0 Å². The SMILES string of the molecule is CC[C@@H](SC1=N/C(=C\c2cccc(C)c2)C(=O)N1c1ccc(OC)c(Cl)c1)C(=O)N1CCOCC1. The second-order valence-electron chi connectivity index (χ2n) is 8.25. The molecule has 35 heavy (non-hydrogen) atoms. The van der Waals surface area contributed by atoms with Crippen molar-refractivity contribution in [3.05, 3.63) is 64.3 Å². The van der Waals surface area contributed by atoms with Gasteiger partial charge in [-0.1, -0.05) is 60.1 Å². The topological polar surface area (TPSA) is 71.4 Å². The van der Waals surface area contributed by atoms with Gasteiger partial charge in [-0.3, -0.25) is 14.5 Å². The molecule has 4 rings (SSSR count). The van der Waals surface area contributed by atoms with E-state index in [4.69, 9.17) is 21.1 Å². The van der Waals surface area contributed by atoms with Gasteiger partial charge < -0.3 is 14.4 Å². The minimum absolute atomic E-state index is 0.0276. The Hall–Kier alpha value is -2.81. The molecule has 1 atom stereocenters. The number of aryl methyl sites for hydroxylation is 1. The van der Waals surface area contributed by atoms with Gasteiger partial charge in [0.05, 0.1) is 36.3 Å². The molecule has 0 radical (unpaired) electrons. The number of methoxy groups -OCH3 is 1. The van der Waals surface area contributed by atoms with E-state index >= 15 is 0 Å². The van der Waals surface area contributed by atoms with Gasteiger partial charge in [-0.25, -0.2) is 4.99 Å². The van der Waals surface area contributed by atoms with Crippen molar-refractivity contribution in [2.24, 2.45) is 4.99 Å². The monoisotopic (exact) mass is 513 g/mol. The zero-order valence-electron chi connectivity index (χ0n) is 20.0. The normalized spacial score (nSPS) is 18.1. The Balaban J connectivity index is 1.69. The van der Waals surface area contributed by atoms with Crippen molar-refractivity contribution >= 4 is 52.1 Å². The van der Waals surface area contributed by atoms with Gasteiger partial charge in [-0.2, -0.15) is 0 Å². The first-order valence-electron chi connectivity index (χ1n) is 11.5. The Morgan fingerprint density at radius 2 is 2.03 bits per heavy atom. The fraction of sp³-hybridized carbons (Fsp3) is 0.346. The highest BCUT2D eigenvalue weighted by atomic mass is 35.5. The number of halogens is 1. The predicted octanol–water partition coefficient (Wildman–Crippen LogP) is 4.77. The van der Waals surface area contributed by atoms with Crippen LogP contribution < -0.4 is 9.64 Å². The third kappa shape index (κ3) is 5.72. The maximum atomic E-state index is 13.6. The van der Waals surface area contributed by atoms with Crippen molar-refractivity contribution in [1.82, 2.24) is 4.90 Å². The zero-order chi connectivity index (χ0) is 24.9. The summed E-state index contributed by atoms with van der Waals surface area (Å²) in [7, 11) is 1.54. The smallest absolute Gasteiger partial charge is 0.283 e. The van der Waals surface area contributed by atoms with Crippen molar-refractivity contribution in [3.63, 3.8) is 0 Å². The number of rotatable bonds is 6. The van der Waals surface area contributed by atoms with Gasteiger partial charge in [0.2, 0.25) is 5.91 Å². The molecule has 0 spiro atoms. The number of carbonyl (C=O) groups excluding carboxylic acids is 2. The Bertz CT molecular complexity index is 1180. The number of nitrogens with zero attached hydrogens (tertiary/aromatic N) is 3. The number of benzene rings is 2. The summed E-state index contributed by atoms with van der Waals surface area (Å²) in [6.45, 7) is 6.16. The highest BCUT2D eigenvalue weighted by molar-refractivity contribution is 8.15. The first kappa shape index (κ1) is 25.3. The molecule has 0 aliphatic carbocycles. The molecule has 2 aromatic rings. The number of anilines is 1. The Morgan fingerprint density at radius 1 is 1.26 bits per heavy atom. The number of hydrogen-bond donors (Lipinski definition) is 0. The molecular formula is C26H28ClN3O4S. The molecule has 1 fully saturated rings.